The number of carbonyl (C=O) groups is 2. The van der Waals surface area contributed by atoms with Crippen LogP contribution in [0.3, 0.4) is 0 Å². The molecule has 0 aliphatic carbocycles. The SMILES string of the molecule is COC(=O)C(C)(C)C(=O)CN1CCC(C(C)C)CC1. The summed E-state index contributed by atoms with van der Waals surface area (Å²) < 4.78 is 4.70. The molecular formula is C15H27NO3. The predicted octanol–water partition coefficient (Wildman–Crippen LogP) is 2.12. The number of hydrogen-bond acceptors (Lipinski definition) is 4. The van der Waals surface area contributed by atoms with Crippen LogP contribution in [-0.4, -0.2) is 43.4 Å². The Labute approximate surface area is 116 Å². The summed E-state index contributed by atoms with van der Waals surface area (Å²) in [5, 5.41) is 0. The van der Waals surface area contributed by atoms with Gasteiger partial charge >= 0.3 is 5.97 Å². The monoisotopic (exact) mass is 269 g/mol. The van der Waals surface area contributed by atoms with Crippen LogP contribution in [0.15, 0.2) is 0 Å². The second-order valence-corrected chi connectivity index (χ2v) is 6.40. The lowest BCUT2D eigenvalue weighted by Gasteiger charge is -2.34. The number of carbonyl (C=O) groups excluding carboxylic acids is 2. The standard InChI is InChI=1S/C15H27NO3/c1-11(2)12-6-8-16(9-7-12)10-13(17)15(3,4)14(18)19-5/h11-12H,6-10H2,1-5H3. The van der Waals surface area contributed by atoms with Gasteiger partial charge in [0.05, 0.1) is 13.7 Å². The molecule has 0 aromatic carbocycles. The van der Waals surface area contributed by atoms with Crippen molar-refractivity contribution in [1.29, 1.82) is 0 Å². The van der Waals surface area contributed by atoms with Crippen LogP contribution >= 0.6 is 0 Å². The molecule has 1 rings (SSSR count). The molecule has 0 unspecified atom stereocenters. The van der Waals surface area contributed by atoms with Gasteiger partial charge in [-0.15, -0.1) is 0 Å². The molecule has 0 atom stereocenters. The average molecular weight is 269 g/mol. The van der Waals surface area contributed by atoms with Crippen molar-refractivity contribution >= 4 is 11.8 Å². The Morgan fingerprint density at radius 3 is 2.21 bits per heavy atom. The predicted molar refractivity (Wildman–Crippen MR) is 74.8 cm³/mol. The molecule has 0 aromatic rings. The lowest BCUT2D eigenvalue weighted by atomic mass is 9.85. The molecule has 0 N–H and O–H groups in total. The van der Waals surface area contributed by atoms with Crippen molar-refractivity contribution in [2.24, 2.45) is 17.3 Å². The van der Waals surface area contributed by atoms with Gasteiger partial charge in [0.15, 0.2) is 5.78 Å². The highest BCUT2D eigenvalue weighted by Crippen LogP contribution is 2.25. The van der Waals surface area contributed by atoms with Gasteiger partial charge in [0.2, 0.25) is 0 Å². The molecule has 1 fully saturated rings. The van der Waals surface area contributed by atoms with E-state index in [0.29, 0.717) is 12.5 Å². The van der Waals surface area contributed by atoms with Crippen LogP contribution in [-0.2, 0) is 14.3 Å². The highest BCUT2D eigenvalue weighted by Gasteiger charge is 2.38. The summed E-state index contributed by atoms with van der Waals surface area (Å²) in [6.07, 6.45) is 2.28. The Hall–Kier alpha value is -0.900. The number of hydrogen-bond donors (Lipinski definition) is 0. The Balaban J connectivity index is 2.49. The number of likely N-dealkylation sites (tertiary alicyclic amines) is 1. The molecule has 1 aliphatic rings. The molecule has 1 heterocycles. The van der Waals surface area contributed by atoms with Crippen LogP contribution in [0.5, 0.6) is 0 Å². The van der Waals surface area contributed by atoms with Gasteiger partial charge in [0.1, 0.15) is 5.41 Å². The molecule has 110 valence electrons. The molecule has 0 amide bonds. The second kappa shape index (κ2) is 6.51. The highest BCUT2D eigenvalue weighted by molar-refractivity contribution is 6.03. The van der Waals surface area contributed by atoms with E-state index in [-0.39, 0.29) is 5.78 Å². The van der Waals surface area contributed by atoms with E-state index in [1.807, 2.05) is 0 Å². The summed E-state index contributed by atoms with van der Waals surface area (Å²) in [5.41, 5.74) is -1.04. The van der Waals surface area contributed by atoms with Gasteiger partial charge in [-0.1, -0.05) is 13.8 Å². The largest absolute Gasteiger partial charge is 0.468 e. The fourth-order valence-electron chi connectivity index (χ4n) is 2.55. The maximum Gasteiger partial charge on any atom is 0.318 e. The molecule has 4 nitrogen and oxygen atoms in total. The van der Waals surface area contributed by atoms with Crippen molar-refractivity contribution in [3.05, 3.63) is 0 Å². The Kier molecular flexibility index (Phi) is 5.53. The number of esters is 1. The molecule has 0 saturated carbocycles. The van der Waals surface area contributed by atoms with Crippen molar-refractivity contribution in [3.63, 3.8) is 0 Å². The third-order valence-corrected chi connectivity index (χ3v) is 4.34. The minimum absolute atomic E-state index is 0.0534. The maximum atomic E-state index is 12.2. The maximum absolute atomic E-state index is 12.2. The smallest absolute Gasteiger partial charge is 0.318 e. The van der Waals surface area contributed by atoms with Crippen LogP contribution in [0.25, 0.3) is 0 Å². The van der Waals surface area contributed by atoms with E-state index in [2.05, 4.69) is 18.7 Å². The van der Waals surface area contributed by atoms with Crippen LogP contribution < -0.4 is 0 Å². The minimum Gasteiger partial charge on any atom is -0.468 e. The zero-order valence-electron chi connectivity index (χ0n) is 12.9. The zero-order chi connectivity index (χ0) is 14.6. The molecule has 19 heavy (non-hydrogen) atoms. The van der Waals surface area contributed by atoms with Gasteiger partial charge < -0.3 is 4.74 Å². The lowest BCUT2D eigenvalue weighted by Crippen LogP contribution is -2.44. The van der Waals surface area contributed by atoms with Gasteiger partial charge in [-0.25, -0.2) is 0 Å². The van der Waals surface area contributed by atoms with E-state index in [4.69, 9.17) is 4.74 Å². The number of nitrogens with zero attached hydrogens (tertiary/aromatic N) is 1. The highest BCUT2D eigenvalue weighted by atomic mass is 16.5. The van der Waals surface area contributed by atoms with E-state index in [0.717, 1.165) is 31.8 Å². The lowest BCUT2D eigenvalue weighted by molar-refractivity contribution is -0.156. The van der Waals surface area contributed by atoms with Crippen molar-refractivity contribution in [1.82, 2.24) is 4.90 Å². The summed E-state index contributed by atoms with van der Waals surface area (Å²) in [5.74, 6) is 0.973. The third-order valence-electron chi connectivity index (χ3n) is 4.34. The quantitative estimate of drug-likeness (QED) is 0.566. The Morgan fingerprint density at radius 2 is 1.79 bits per heavy atom. The van der Waals surface area contributed by atoms with Crippen LogP contribution in [0.2, 0.25) is 0 Å². The van der Waals surface area contributed by atoms with Gasteiger partial charge in [-0.3, -0.25) is 14.5 Å². The minimum atomic E-state index is -1.04. The third kappa shape index (κ3) is 4.03. The number of ether oxygens (including phenoxy) is 1. The summed E-state index contributed by atoms with van der Waals surface area (Å²) in [6.45, 7) is 10.0. The van der Waals surface area contributed by atoms with Gasteiger partial charge in [0, 0.05) is 0 Å². The van der Waals surface area contributed by atoms with Crippen molar-refractivity contribution in [3.8, 4) is 0 Å². The molecular weight excluding hydrogens is 242 g/mol. The van der Waals surface area contributed by atoms with Crippen molar-refractivity contribution in [2.45, 2.75) is 40.5 Å². The molecule has 0 spiro atoms. The van der Waals surface area contributed by atoms with E-state index in [1.54, 1.807) is 13.8 Å². The number of ketones is 1. The first-order valence-corrected chi connectivity index (χ1v) is 7.13. The van der Waals surface area contributed by atoms with Gasteiger partial charge in [-0.2, -0.15) is 0 Å². The number of methoxy groups -OCH3 is 1. The van der Waals surface area contributed by atoms with Crippen molar-refractivity contribution < 1.29 is 14.3 Å². The summed E-state index contributed by atoms with van der Waals surface area (Å²) in [4.78, 5) is 26.0. The number of rotatable bonds is 5. The van der Waals surface area contributed by atoms with Crippen LogP contribution in [0.1, 0.15) is 40.5 Å². The van der Waals surface area contributed by atoms with Crippen molar-refractivity contribution in [2.75, 3.05) is 26.7 Å². The van der Waals surface area contributed by atoms with E-state index in [9.17, 15) is 9.59 Å². The number of Topliss-reactive ketones (excluding diaryl/α,β-unsaturated/α-hetero) is 1. The average Bonchev–Trinajstić information content (AvgIpc) is 2.38. The molecule has 0 aromatic heterocycles. The first kappa shape index (κ1) is 16.2. The van der Waals surface area contributed by atoms with Crippen LogP contribution in [0.4, 0.5) is 0 Å². The van der Waals surface area contributed by atoms with E-state index in [1.165, 1.54) is 7.11 Å². The van der Waals surface area contributed by atoms with E-state index < -0.39 is 11.4 Å². The van der Waals surface area contributed by atoms with Gasteiger partial charge in [0.25, 0.3) is 0 Å². The Morgan fingerprint density at radius 1 is 1.26 bits per heavy atom. The van der Waals surface area contributed by atoms with Crippen LogP contribution in [0, 0.1) is 17.3 Å². The first-order chi connectivity index (χ1) is 8.78. The molecule has 4 heteroatoms. The summed E-state index contributed by atoms with van der Waals surface area (Å²) in [7, 11) is 1.32. The topological polar surface area (TPSA) is 46.6 Å². The second-order valence-electron chi connectivity index (χ2n) is 6.40. The normalized spacial score (nSPS) is 18.6. The molecule has 0 radical (unpaired) electrons. The fourth-order valence-corrected chi connectivity index (χ4v) is 2.55. The Bertz CT molecular complexity index is 328. The first-order valence-electron chi connectivity index (χ1n) is 7.13. The molecule has 0 bridgehead atoms. The number of piperidine rings is 1. The summed E-state index contributed by atoms with van der Waals surface area (Å²) >= 11 is 0. The van der Waals surface area contributed by atoms with Gasteiger partial charge in [-0.05, 0) is 51.6 Å². The molecule has 1 aliphatic heterocycles. The molecule has 1 saturated heterocycles. The summed E-state index contributed by atoms with van der Waals surface area (Å²) in [6, 6.07) is 0. The zero-order valence-corrected chi connectivity index (χ0v) is 12.9. The van der Waals surface area contributed by atoms with E-state index >= 15 is 0 Å². The fraction of sp³-hybridized carbons (Fsp3) is 0.867.